The first kappa shape index (κ1) is 20.4. The van der Waals surface area contributed by atoms with Crippen molar-refractivity contribution in [2.45, 2.75) is 25.7 Å². The van der Waals surface area contributed by atoms with Crippen LogP contribution in [0.3, 0.4) is 0 Å². The van der Waals surface area contributed by atoms with Crippen molar-refractivity contribution < 1.29 is 19.1 Å². The van der Waals surface area contributed by atoms with E-state index in [1.807, 2.05) is 0 Å². The van der Waals surface area contributed by atoms with Gasteiger partial charge in [0.05, 0.1) is 13.2 Å². The molecule has 1 rings (SSSR count). The summed E-state index contributed by atoms with van der Waals surface area (Å²) in [6.07, 6.45) is 1.92. The van der Waals surface area contributed by atoms with Crippen LogP contribution in [0.5, 0.6) is 0 Å². The van der Waals surface area contributed by atoms with Crippen molar-refractivity contribution in [3.63, 3.8) is 0 Å². The van der Waals surface area contributed by atoms with E-state index in [4.69, 9.17) is 32.7 Å². The molecule has 2 N–H and O–H groups in total. The summed E-state index contributed by atoms with van der Waals surface area (Å²) < 4.78 is 10.0. The lowest BCUT2D eigenvalue weighted by Crippen LogP contribution is -2.16. The average molecular weight is 377 g/mol. The SMILES string of the molecule is O=C(Nc1cccc(NC(=O)OCCCCCl)c1)OCCCCCl. The maximum absolute atomic E-state index is 11.6. The lowest BCUT2D eigenvalue weighted by Gasteiger charge is -2.09. The summed E-state index contributed by atoms with van der Waals surface area (Å²) in [5, 5.41) is 5.18. The van der Waals surface area contributed by atoms with Crippen LogP contribution < -0.4 is 10.6 Å². The number of nitrogens with one attached hydrogen (secondary N) is 2. The Morgan fingerprint density at radius 3 is 1.71 bits per heavy atom. The number of alkyl halides is 2. The highest BCUT2D eigenvalue weighted by atomic mass is 35.5. The van der Waals surface area contributed by atoms with Crippen molar-refractivity contribution in [3.05, 3.63) is 24.3 Å². The molecule has 2 amide bonds. The monoisotopic (exact) mass is 376 g/mol. The second kappa shape index (κ2) is 12.7. The van der Waals surface area contributed by atoms with E-state index in [9.17, 15) is 9.59 Å². The smallest absolute Gasteiger partial charge is 0.411 e. The van der Waals surface area contributed by atoms with Gasteiger partial charge in [0.1, 0.15) is 0 Å². The van der Waals surface area contributed by atoms with E-state index in [1.165, 1.54) is 0 Å². The zero-order valence-electron chi connectivity index (χ0n) is 13.4. The molecular weight excluding hydrogens is 355 g/mol. The van der Waals surface area contributed by atoms with Gasteiger partial charge in [-0.25, -0.2) is 9.59 Å². The van der Waals surface area contributed by atoms with E-state index < -0.39 is 12.2 Å². The van der Waals surface area contributed by atoms with E-state index in [0.717, 1.165) is 12.8 Å². The Morgan fingerprint density at radius 1 is 0.833 bits per heavy atom. The third kappa shape index (κ3) is 9.47. The molecule has 0 aromatic heterocycles. The molecule has 0 unspecified atom stereocenters. The Labute approximate surface area is 151 Å². The number of rotatable bonds is 10. The zero-order valence-corrected chi connectivity index (χ0v) is 14.9. The van der Waals surface area contributed by atoms with Gasteiger partial charge < -0.3 is 9.47 Å². The molecule has 0 saturated heterocycles. The fraction of sp³-hybridized carbons (Fsp3) is 0.500. The number of unbranched alkanes of at least 4 members (excludes halogenated alkanes) is 2. The van der Waals surface area contributed by atoms with Crippen molar-refractivity contribution in [2.24, 2.45) is 0 Å². The van der Waals surface area contributed by atoms with Crippen molar-refractivity contribution in [1.29, 1.82) is 0 Å². The molecular formula is C16H22Cl2N2O4. The van der Waals surface area contributed by atoms with Crippen LogP contribution in [0.2, 0.25) is 0 Å². The number of carbonyl (C=O) groups excluding carboxylic acids is 2. The van der Waals surface area contributed by atoms with E-state index in [0.29, 0.717) is 49.2 Å². The van der Waals surface area contributed by atoms with E-state index in [-0.39, 0.29) is 0 Å². The maximum atomic E-state index is 11.6. The van der Waals surface area contributed by atoms with Crippen molar-refractivity contribution in [1.82, 2.24) is 0 Å². The Kier molecular flexibility index (Phi) is 10.8. The van der Waals surface area contributed by atoms with Gasteiger partial charge in [-0.2, -0.15) is 0 Å². The molecule has 6 nitrogen and oxygen atoms in total. The molecule has 0 aliphatic carbocycles. The molecule has 134 valence electrons. The van der Waals surface area contributed by atoms with Gasteiger partial charge in [-0.05, 0) is 43.9 Å². The van der Waals surface area contributed by atoms with Crippen LogP contribution in [0.25, 0.3) is 0 Å². The lowest BCUT2D eigenvalue weighted by molar-refractivity contribution is 0.159. The van der Waals surface area contributed by atoms with Crippen LogP contribution in [0.15, 0.2) is 24.3 Å². The normalized spacial score (nSPS) is 10.1. The standard InChI is InChI=1S/C16H22Cl2N2O4/c17-8-1-3-10-23-15(21)19-13-6-5-7-14(12-13)20-16(22)24-11-4-2-9-18/h5-7,12H,1-4,8-11H2,(H,19,21)(H,20,22). The largest absolute Gasteiger partial charge is 0.449 e. The molecule has 0 spiro atoms. The van der Waals surface area contributed by atoms with Crippen LogP contribution in [0.4, 0.5) is 21.0 Å². The number of carbonyl (C=O) groups is 2. The lowest BCUT2D eigenvalue weighted by atomic mass is 10.3. The number of hydrogen-bond acceptors (Lipinski definition) is 4. The van der Waals surface area contributed by atoms with Gasteiger partial charge in [0.25, 0.3) is 0 Å². The van der Waals surface area contributed by atoms with Gasteiger partial charge in [-0.1, -0.05) is 6.07 Å². The summed E-state index contributed by atoms with van der Waals surface area (Å²) in [7, 11) is 0. The number of benzene rings is 1. The minimum absolute atomic E-state index is 0.311. The average Bonchev–Trinajstić information content (AvgIpc) is 2.56. The first-order valence-corrected chi connectivity index (χ1v) is 8.82. The molecule has 0 aliphatic heterocycles. The maximum Gasteiger partial charge on any atom is 0.411 e. The third-order valence-corrected chi connectivity index (χ3v) is 3.41. The quantitative estimate of drug-likeness (QED) is 0.453. The molecule has 24 heavy (non-hydrogen) atoms. The summed E-state index contributed by atoms with van der Waals surface area (Å²) in [6, 6.07) is 6.69. The number of halogens is 2. The van der Waals surface area contributed by atoms with Gasteiger partial charge in [-0.3, -0.25) is 10.6 Å². The number of amides is 2. The highest BCUT2D eigenvalue weighted by Gasteiger charge is 2.06. The predicted octanol–water partition coefficient (Wildman–Crippen LogP) is 4.82. The Morgan fingerprint density at radius 2 is 1.29 bits per heavy atom. The van der Waals surface area contributed by atoms with Crippen molar-refractivity contribution in [2.75, 3.05) is 35.6 Å². The zero-order chi connectivity index (χ0) is 17.6. The van der Waals surface area contributed by atoms with Crippen LogP contribution in [0, 0.1) is 0 Å². The fourth-order valence-electron chi connectivity index (χ4n) is 1.71. The minimum atomic E-state index is -0.551. The number of ether oxygens (including phenoxy) is 2. The molecule has 0 fully saturated rings. The van der Waals surface area contributed by atoms with Crippen LogP contribution in [-0.4, -0.2) is 37.2 Å². The second-order valence-corrected chi connectivity index (χ2v) is 5.65. The van der Waals surface area contributed by atoms with Gasteiger partial charge in [0, 0.05) is 23.1 Å². The molecule has 1 aromatic carbocycles. The van der Waals surface area contributed by atoms with Gasteiger partial charge >= 0.3 is 12.2 Å². The molecule has 8 heteroatoms. The summed E-state index contributed by atoms with van der Waals surface area (Å²) in [5.41, 5.74) is 1.02. The van der Waals surface area contributed by atoms with Crippen molar-refractivity contribution in [3.8, 4) is 0 Å². The van der Waals surface area contributed by atoms with E-state index in [2.05, 4.69) is 10.6 Å². The minimum Gasteiger partial charge on any atom is -0.449 e. The topological polar surface area (TPSA) is 76.7 Å². The Hall–Kier alpha value is -1.66. The first-order valence-electron chi connectivity index (χ1n) is 7.75. The highest BCUT2D eigenvalue weighted by Crippen LogP contribution is 2.15. The Balaban J connectivity index is 2.37. The van der Waals surface area contributed by atoms with E-state index >= 15 is 0 Å². The molecule has 0 aliphatic rings. The third-order valence-electron chi connectivity index (χ3n) is 2.88. The summed E-state index contributed by atoms with van der Waals surface area (Å²) in [5.74, 6) is 1.08. The first-order chi connectivity index (χ1) is 11.7. The molecule has 0 bridgehead atoms. The summed E-state index contributed by atoms with van der Waals surface area (Å²) in [4.78, 5) is 23.2. The predicted molar refractivity (Wildman–Crippen MR) is 96.3 cm³/mol. The second-order valence-electron chi connectivity index (χ2n) is 4.89. The van der Waals surface area contributed by atoms with Gasteiger partial charge in [0.15, 0.2) is 0 Å². The van der Waals surface area contributed by atoms with Crippen LogP contribution >= 0.6 is 23.2 Å². The number of anilines is 2. The molecule has 0 saturated carbocycles. The number of hydrogen-bond donors (Lipinski definition) is 2. The Bertz CT molecular complexity index is 473. The van der Waals surface area contributed by atoms with Crippen LogP contribution in [0.1, 0.15) is 25.7 Å². The molecule has 0 atom stereocenters. The summed E-state index contributed by atoms with van der Waals surface area (Å²) >= 11 is 11.1. The van der Waals surface area contributed by atoms with Gasteiger partial charge in [0.2, 0.25) is 0 Å². The molecule has 1 aromatic rings. The molecule has 0 heterocycles. The summed E-state index contributed by atoms with van der Waals surface area (Å²) in [6.45, 7) is 0.621. The van der Waals surface area contributed by atoms with Crippen molar-refractivity contribution >= 4 is 46.8 Å². The van der Waals surface area contributed by atoms with E-state index in [1.54, 1.807) is 24.3 Å². The highest BCUT2D eigenvalue weighted by molar-refractivity contribution is 6.18. The van der Waals surface area contributed by atoms with Crippen LogP contribution in [-0.2, 0) is 9.47 Å². The van der Waals surface area contributed by atoms with Gasteiger partial charge in [-0.15, -0.1) is 23.2 Å². The fourth-order valence-corrected chi connectivity index (χ4v) is 2.08. The molecule has 0 radical (unpaired) electrons.